The fourth-order valence-electron chi connectivity index (χ4n) is 5.12. The third-order valence-electron chi connectivity index (χ3n) is 8.10. The van der Waals surface area contributed by atoms with Crippen molar-refractivity contribution in [1.82, 2.24) is 0 Å². The van der Waals surface area contributed by atoms with Gasteiger partial charge in [-0.3, -0.25) is 9.59 Å². The van der Waals surface area contributed by atoms with Gasteiger partial charge in [-0.2, -0.15) is 0 Å². The molecule has 0 aromatic carbocycles. The van der Waals surface area contributed by atoms with E-state index < -0.39 is 24.3 Å². The third-order valence-corrected chi connectivity index (χ3v) is 8.10. The molecule has 0 aromatic heterocycles. The highest BCUT2D eigenvalue weighted by Gasteiger charge is 2.21. The van der Waals surface area contributed by atoms with Crippen molar-refractivity contribution in [3.63, 3.8) is 0 Å². The van der Waals surface area contributed by atoms with E-state index in [0.717, 1.165) is 44.9 Å². The van der Waals surface area contributed by atoms with Crippen LogP contribution < -0.4 is 5.11 Å². The largest absolute Gasteiger partial charge is 0.545 e. The van der Waals surface area contributed by atoms with Crippen molar-refractivity contribution in [2.45, 2.75) is 174 Å². The van der Waals surface area contributed by atoms with E-state index in [0.29, 0.717) is 17.4 Å². The molecular formula is C37H71NO8. The average Bonchev–Trinajstić information content (AvgIpc) is 3.00. The summed E-state index contributed by atoms with van der Waals surface area (Å²) in [5, 5.41) is 11.6. The molecule has 0 rings (SSSR count). The quantitative estimate of drug-likeness (QED) is 0.0308. The van der Waals surface area contributed by atoms with Crippen LogP contribution in [0.2, 0.25) is 0 Å². The zero-order valence-corrected chi connectivity index (χ0v) is 30.5. The first kappa shape index (κ1) is 44.3. The van der Waals surface area contributed by atoms with Crippen LogP contribution in [0, 0.1) is 0 Å². The topological polar surface area (TPSA) is 111 Å². The Morgan fingerprint density at radius 2 is 0.978 bits per heavy atom. The van der Waals surface area contributed by atoms with Gasteiger partial charge in [0.15, 0.2) is 12.4 Å². The van der Waals surface area contributed by atoms with E-state index >= 15 is 0 Å². The fourth-order valence-corrected chi connectivity index (χ4v) is 5.12. The van der Waals surface area contributed by atoms with Gasteiger partial charge in [0, 0.05) is 12.8 Å². The minimum absolute atomic E-state index is 0.152. The molecule has 2 atom stereocenters. The van der Waals surface area contributed by atoms with Gasteiger partial charge in [-0.1, -0.05) is 136 Å². The van der Waals surface area contributed by atoms with Gasteiger partial charge in [-0.25, -0.2) is 0 Å². The fraction of sp³-hybridized carbons (Fsp3) is 0.919. The smallest absolute Gasteiger partial charge is 0.306 e. The van der Waals surface area contributed by atoms with Crippen LogP contribution >= 0.6 is 0 Å². The summed E-state index contributed by atoms with van der Waals surface area (Å²) in [5.74, 6) is -2.29. The summed E-state index contributed by atoms with van der Waals surface area (Å²) in [5.41, 5.74) is 0. The molecule has 0 aliphatic carbocycles. The maximum absolute atomic E-state index is 12.6. The van der Waals surface area contributed by atoms with Crippen molar-refractivity contribution in [3.8, 4) is 0 Å². The zero-order valence-electron chi connectivity index (χ0n) is 30.5. The van der Waals surface area contributed by atoms with Crippen LogP contribution in [-0.4, -0.2) is 82.3 Å². The molecule has 0 amide bonds. The first-order chi connectivity index (χ1) is 22.1. The maximum Gasteiger partial charge on any atom is 0.306 e. The highest BCUT2D eigenvalue weighted by atomic mass is 16.7. The zero-order chi connectivity index (χ0) is 34.3. The summed E-state index contributed by atoms with van der Waals surface area (Å²) in [6, 6.07) is 0. The number of carbonyl (C=O) groups is 3. The van der Waals surface area contributed by atoms with Crippen molar-refractivity contribution in [2.75, 3.05) is 47.5 Å². The van der Waals surface area contributed by atoms with E-state index in [2.05, 4.69) is 13.8 Å². The molecule has 0 aliphatic heterocycles. The van der Waals surface area contributed by atoms with Crippen LogP contribution in [0.1, 0.15) is 162 Å². The molecule has 0 fully saturated rings. The van der Waals surface area contributed by atoms with E-state index in [1.807, 2.05) is 21.1 Å². The molecule has 0 saturated carbocycles. The van der Waals surface area contributed by atoms with Crippen molar-refractivity contribution < 1.29 is 42.9 Å². The Morgan fingerprint density at radius 1 is 0.565 bits per heavy atom. The highest BCUT2D eigenvalue weighted by Crippen LogP contribution is 2.14. The number of hydrogen-bond acceptors (Lipinski definition) is 8. The number of unbranched alkanes of at least 4 members (excludes halogenated alkanes) is 19. The number of hydrogen-bond donors (Lipinski definition) is 0. The van der Waals surface area contributed by atoms with Gasteiger partial charge in [0.1, 0.15) is 13.2 Å². The summed E-state index contributed by atoms with van der Waals surface area (Å²) in [7, 11) is 5.89. The van der Waals surface area contributed by atoms with Crippen molar-refractivity contribution >= 4 is 17.9 Å². The number of esters is 2. The molecule has 9 heteroatoms. The van der Waals surface area contributed by atoms with Gasteiger partial charge in [0.2, 0.25) is 0 Å². The lowest BCUT2D eigenvalue weighted by atomic mass is 10.0. The maximum atomic E-state index is 12.6. The Labute approximate surface area is 282 Å². The molecule has 272 valence electrons. The standard InChI is InChI=1S/C37H71NO8/c1-6-8-10-12-14-15-16-17-18-19-20-21-22-24-26-28-35(40)46-33(31-44-34(39)27-25-23-13-11-9-7-2)32-45-37(36(41)42)43-30-29-38(3,4)5/h33,37H,6-32H2,1-5H3. The number of carbonyl (C=O) groups excluding carboxylic acids is 3. The number of quaternary nitrogens is 1. The first-order valence-corrected chi connectivity index (χ1v) is 18.7. The van der Waals surface area contributed by atoms with E-state index in [-0.39, 0.29) is 32.2 Å². The number of carboxylic acids is 1. The Bertz CT molecular complexity index is 739. The van der Waals surface area contributed by atoms with E-state index in [9.17, 15) is 19.5 Å². The van der Waals surface area contributed by atoms with E-state index in [4.69, 9.17) is 18.9 Å². The molecule has 2 unspecified atom stereocenters. The van der Waals surface area contributed by atoms with Crippen molar-refractivity contribution in [2.24, 2.45) is 0 Å². The molecule has 0 bridgehead atoms. The summed E-state index contributed by atoms with van der Waals surface area (Å²) in [6.07, 6.45) is 23.0. The monoisotopic (exact) mass is 658 g/mol. The van der Waals surface area contributed by atoms with Crippen molar-refractivity contribution in [3.05, 3.63) is 0 Å². The molecule has 0 aliphatic rings. The Morgan fingerprint density at radius 3 is 1.39 bits per heavy atom. The van der Waals surface area contributed by atoms with Crippen LogP contribution in [0.25, 0.3) is 0 Å². The van der Waals surface area contributed by atoms with E-state index in [1.54, 1.807) is 0 Å². The first-order valence-electron chi connectivity index (χ1n) is 18.7. The average molecular weight is 658 g/mol. The molecule has 0 aromatic rings. The minimum atomic E-state index is -1.61. The van der Waals surface area contributed by atoms with Crippen LogP contribution in [0.4, 0.5) is 0 Å². The number of aliphatic carboxylic acids is 1. The van der Waals surface area contributed by atoms with Crippen LogP contribution in [-0.2, 0) is 33.3 Å². The number of likely N-dealkylation sites (N-methyl/N-ethyl adjacent to an activating group) is 1. The Kier molecular flexibility index (Phi) is 29.5. The third kappa shape index (κ3) is 30.9. The van der Waals surface area contributed by atoms with E-state index in [1.165, 1.54) is 89.9 Å². The lowest BCUT2D eigenvalue weighted by molar-refractivity contribution is -0.870. The SMILES string of the molecule is CCCCCCCCCCCCCCCCCC(=O)OC(COC(=O)CCCCCCCC)COC(OCC[N+](C)(C)C)C(=O)[O-]. The van der Waals surface area contributed by atoms with Crippen molar-refractivity contribution in [1.29, 1.82) is 0 Å². The van der Waals surface area contributed by atoms with Gasteiger partial charge >= 0.3 is 11.9 Å². The molecule has 0 N–H and O–H groups in total. The van der Waals surface area contributed by atoms with Gasteiger partial charge < -0.3 is 33.3 Å². The van der Waals surface area contributed by atoms with Gasteiger partial charge in [0.25, 0.3) is 0 Å². The number of ether oxygens (including phenoxy) is 4. The highest BCUT2D eigenvalue weighted by molar-refractivity contribution is 5.70. The lowest BCUT2D eigenvalue weighted by Gasteiger charge is -2.26. The summed E-state index contributed by atoms with van der Waals surface area (Å²) in [6.45, 7) is 4.67. The summed E-state index contributed by atoms with van der Waals surface area (Å²) < 4.78 is 22.3. The second-order valence-corrected chi connectivity index (χ2v) is 13.9. The van der Waals surface area contributed by atoms with Crippen LogP contribution in [0.5, 0.6) is 0 Å². The predicted molar refractivity (Wildman–Crippen MR) is 182 cm³/mol. The Hall–Kier alpha value is -1.71. The van der Waals surface area contributed by atoms with Crippen LogP contribution in [0.3, 0.4) is 0 Å². The molecule has 0 heterocycles. The summed E-state index contributed by atoms with van der Waals surface area (Å²) in [4.78, 5) is 36.5. The molecular weight excluding hydrogens is 586 g/mol. The number of rotatable bonds is 34. The van der Waals surface area contributed by atoms with Gasteiger partial charge in [0.05, 0.1) is 40.3 Å². The molecule has 0 radical (unpaired) electrons. The molecule has 9 nitrogen and oxygen atoms in total. The second kappa shape index (κ2) is 30.6. The Balaban J connectivity index is 4.43. The van der Waals surface area contributed by atoms with Crippen LogP contribution in [0.15, 0.2) is 0 Å². The minimum Gasteiger partial charge on any atom is -0.545 e. The molecule has 46 heavy (non-hydrogen) atoms. The summed E-state index contributed by atoms with van der Waals surface area (Å²) >= 11 is 0. The lowest BCUT2D eigenvalue weighted by Crippen LogP contribution is -2.44. The normalized spacial score (nSPS) is 13.0. The predicted octanol–water partition coefficient (Wildman–Crippen LogP) is 7.27. The number of nitrogens with zero attached hydrogens (tertiary/aromatic N) is 1. The molecule has 0 saturated heterocycles. The second-order valence-electron chi connectivity index (χ2n) is 13.9. The molecule has 0 spiro atoms. The van der Waals surface area contributed by atoms with Gasteiger partial charge in [-0.05, 0) is 12.8 Å². The van der Waals surface area contributed by atoms with Gasteiger partial charge in [-0.15, -0.1) is 0 Å². The number of carboxylic acid groups (broad SMARTS) is 1.